The van der Waals surface area contributed by atoms with Gasteiger partial charge in [-0.2, -0.15) is 0 Å². The van der Waals surface area contributed by atoms with Gasteiger partial charge in [0.15, 0.2) is 0 Å². The lowest BCUT2D eigenvalue weighted by Crippen LogP contribution is -2.05. The van der Waals surface area contributed by atoms with Crippen LogP contribution in [0.5, 0.6) is 0 Å². The number of benzene rings is 1. The summed E-state index contributed by atoms with van der Waals surface area (Å²) in [6.07, 6.45) is 16.7. The van der Waals surface area contributed by atoms with E-state index in [0.29, 0.717) is 0 Å². The third-order valence-corrected chi connectivity index (χ3v) is 6.48. The molecule has 0 aliphatic heterocycles. The molecule has 0 amide bonds. The molecule has 0 fully saturated rings. The molecule has 228 valence electrons. The molecule has 1 unspecified atom stereocenters. The Balaban J connectivity index is -0.000000156. The first-order valence-electron chi connectivity index (χ1n) is 16.5. The summed E-state index contributed by atoms with van der Waals surface area (Å²) in [6, 6.07) is 6.72. The Morgan fingerprint density at radius 2 is 1.21 bits per heavy atom. The first-order chi connectivity index (χ1) is 18.2. The number of hydrogen-bond acceptors (Lipinski definition) is 0. The molecule has 0 bridgehead atoms. The van der Waals surface area contributed by atoms with Crippen LogP contribution in [0, 0.1) is 19.8 Å². The molecular formula is C38H76. The van der Waals surface area contributed by atoms with Crippen LogP contribution < -0.4 is 0 Å². The minimum atomic E-state index is 0.839. The van der Waals surface area contributed by atoms with Gasteiger partial charge in [0.05, 0.1) is 0 Å². The molecule has 0 saturated carbocycles. The van der Waals surface area contributed by atoms with Gasteiger partial charge in [-0.1, -0.05) is 163 Å². The number of allylic oxidation sites excluding steroid dienone is 2. The maximum absolute atomic E-state index is 3.98. The molecule has 0 N–H and O–H groups in total. The van der Waals surface area contributed by atoms with Gasteiger partial charge in [0.25, 0.3) is 0 Å². The van der Waals surface area contributed by atoms with E-state index in [1.165, 1.54) is 92.9 Å². The van der Waals surface area contributed by atoms with E-state index in [2.05, 4.69) is 101 Å². The maximum atomic E-state index is 3.98. The first-order valence-corrected chi connectivity index (χ1v) is 16.5. The van der Waals surface area contributed by atoms with Crippen molar-refractivity contribution in [1.82, 2.24) is 0 Å². The standard InChI is InChI=1S/C19H30.C6H12.C5H12.C4H10.2C2H6/c1-6-18(12-8-7-10-15(2)3)14-19-13-9-11-16(4)17(19)5;1-4-6(3)5-2;1-3-5-4-2;1-3-4-2;2*1-2/h9,11,13,18H,2,6-8,10,12,14H2,1,3-5H3;3-5H2,1-2H3;3-5H2,1-2H3;3-4H2,1-2H3;2*1-2H3. The normalized spacial score (nSPS) is 9.74. The zero-order valence-electron chi connectivity index (χ0n) is 29.4. The topological polar surface area (TPSA) is 0 Å². The van der Waals surface area contributed by atoms with Crippen molar-refractivity contribution in [3.63, 3.8) is 0 Å². The molecule has 0 heteroatoms. The highest BCUT2D eigenvalue weighted by atomic mass is 14.1. The molecule has 0 aromatic heterocycles. The monoisotopic (exact) mass is 533 g/mol. The van der Waals surface area contributed by atoms with E-state index in [9.17, 15) is 0 Å². The van der Waals surface area contributed by atoms with Gasteiger partial charge in [0, 0.05) is 0 Å². The van der Waals surface area contributed by atoms with Gasteiger partial charge in [0.1, 0.15) is 0 Å². The predicted octanol–water partition coefficient (Wildman–Crippen LogP) is 14.4. The summed E-state index contributed by atoms with van der Waals surface area (Å²) in [5.41, 5.74) is 7.13. The predicted molar refractivity (Wildman–Crippen MR) is 185 cm³/mol. The average Bonchev–Trinajstić information content (AvgIpc) is 2.95. The van der Waals surface area contributed by atoms with E-state index in [1.54, 1.807) is 5.56 Å². The number of hydrogen-bond donors (Lipinski definition) is 0. The van der Waals surface area contributed by atoms with E-state index in [1.807, 2.05) is 27.7 Å². The Morgan fingerprint density at radius 1 is 0.711 bits per heavy atom. The van der Waals surface area contributed by atoms with Crippen molar-refractivity contribution in [2.45, 2.75) is 180 Å². The lowest BCUT2D eigenvalue weighted by atomic mass is 9.88. The Labute approximate surface area is 245 Å². The fraction of sp³-hybridized carbons (Fsp3) is 0.737. The summed E-state index contributed by atoms with van der Waals surface area (Å²) in [5, 5.41) is 0. The van der Waals surface area contributed by atoms with Crippen LogP contribution in [0.2, 0.25) is 0 Å². The van der Waals surface area contributed by atoms with Crippen molar-refractivity contribution in [3.8, 4) is 0 Å². The highest BCUT2D eigenvalue weighted by Crippen LogP contribution is 2.23. The van der Waals surface area contributed by atoms with Crippen molar-refractivity contribution >= 4 is 0 Å². The highest BCUT2D eigenvalue weighted by Gasteiger charge is 2.10. The number of rotatable bonds is 13. The lowest BCUT2D eigenvalue weighted by molar-refractivity contribution is 0.443. The van der Waals surface area contributed by atoms with Crippen LogP contribution >= 0.6 is 0 Å². The Hall–Kier alpha value is -1.30. The number of aryl methyl sites for hydroxylation is 1. The third kappa shape index (κ3) is 36.9. The smallest absolute Gasteiger partial charge is 0.0248 e. The van der Waals surface area contributed by atoms with Crippen LogP contribution in [0.1, 0.15) is 177 Å². The fourth-order valence-corrected chi connectivity index (χ4v) is 3.26. The van der Waals surface area contributed by atoms with Crippen LogP contribution in [0.15, 0.2) is 42.5 Å². The Bertz CT molecular complexity index is 568. The molecule has 0 spiro atoms. The average molecular weight is 533 g/mol. The second-order valence-corrected chi connectivity index (χ2v) is 9.85. The van der Waals surface area contributed by atoms with Gasteiger partial charge < -0.3 is 0 Å². The summed E-state index contributed by atoms with van der Waals surface area (Å²) in [5.74, 6) is 0.839. The van der Waals surface area contributed by atoms with Crippen LogP contribution in [-0.2, 0) is 6.42 Å². The molecular weight excluding hydrogens is 456 g/mol. The van der Waals surface area contributed by atoms with Crippen LogP contribution in [0.25, 0.3) is 0 Å². The molecule has 1 rings (SSSR count). The SMILES string of the molecule is C=C(C)CCCCC(CC)Cc1cccc(C)c1C.C=C(CC)CC.CC.CC.CCCC.CCCCC. The van der Waals surface area contributed by atoms with Gasteiger partial charge in [-0.05, 0) is 75.5 Å². The summed E-state index contributed by atoms with van der Waals surface area (Å²) >= 11 is 0. The minimum absolute atomic E-state index is 0.839. The molecule has 0 nitrogen and oxygen atoms in total. The molecule has 0 aliphatic rings. The van der Waals surface area contributed by atoms with E-state index < -0.39 is 0 Å². The van der Waals surface area contributed by atoms with Gasteiger partial charge in [-0.15, -0.1) is 6.58 Å². The van der Waals surface area contributed by atoms with Crippen molar-refractivity contribution in [1.29, 1.82) is 0 Å². The fourth-order valence-electron chi connectivity index (χ4n) is 3.26. The molecule has 1 aromatic carbocycles. The first kappa shape index (κ1) is 46.5. The summed E-state index contributed by atoms with van der Waals surface area (Å²) in [4.78, 5) is 0. The molecule has 38 heavy (non-hydrogen) atoms. The molecule has 1 atom stereocenters. The zero-order chi connectivity index (χ0) is 30.8. The van der Waals surface area contributed by atoms with E-state index in [-0.39, 0.29) is 0 Å². The largest absolute Gasteiger partial charge is 0.100 e. The molecule has 0 heterocycles. The van der Waals surface area contributed by atoms with Crippen LogP contribution in [0.3, 0.4) is 0 Å². The van der Waals surface area contributed by atoms with E-state index in [4.69, 9.17) is 0 Å². The Morgan fingerprint density at radius 3 is 1.53 bits per heavy atom. The van der Waals surface area contributed by atoms with E-state index >= 15 is 0 Å². The molecule has 0 aliphatic carbocycles. The van der Waals surface area contributed by atoms with Gasteiger partial charge in [0.2, 0.25) is 0 Å². The summed E-state index contributed by atoms with van der Waals surface area (Å²) in [7, 11) is 0. The molecule has 0 saturated heterocycles. The highest BCUT2D eigenvalue weighted by molar-refractivity contribution is 5.33. The Kier molecular flexibility index (Phi) is 49.2. The van der Waals surface area contributed by atoms with Crippen molar-refractivity contribution in [3.05, 3.63) is 59.2 Å². The van der Waals surface area contributed by atoms with Crippen molar-refractivity contribution in [2.24, 2.45) is 5.92 Å². The third-order valence-electron chi connectivity index (χ3n) is 6.48. The van der Waals surface area contributed by atoms with Crippen molar-refractivity contribution < 1.29 is 0 Å². The quantitative estimate of drug-likeness (QED) is 0.175. The second-order valence-electron chi connectivity index (χ2n) is 9.85. The molecule has 0 radical (unpaired) electrons. The zero-order valence-corrected chi connectivity index (χ0v) is 29.4. The summed E-state index contributed by atoms with van der Waals surface area (Å²) in [6.45, 7) is 37.8. The van der Waals surface area contributed by atoms with Gasteiger partial charge >= 0.3 is 0 Å². The van der Waals surface area contributed by atoms with Gasteiger partial charge in [-0.25, -0.2) is 0 Å². The minimum Gasteiger partial charge on any atom is -0.100 e. The summed E-state index contributed by atoms with van der Waals surface area (Å²) < 4.78 is 0. The maximum Gasteiger partial charge on any atom is -0.0248 e. The van der Waals surface area contributed by atoms with Crippen LogP contribution in [-0.4, -0.2) is 0 Å². The molecule has 1 aromatic rings. The second kappa shape index (κ2) is 40.2. The number of unbranched alkanes of at least 4 members (excludes halogenated alkanes) is 4. The van der Waals surface area contributed by atoms with Crippen molar-refractivity contribution in [2.75, 3.05) is 0 Å². The lowest BCUT2D eigenvalue weighted by Gasteiger charge is -2.17. The van der Waals surface area contributed by atoms with E-state index in [0.717, 1.165) is 18.8 Å². The van der Waals surface area contributed by atoms with Crippen LogP contribution in [0.4, 0.5) is 0 Å². The van der Waals surface area contributed by atoms with Gasteiger partial charge in [-0.3, -0.25) is 0 Å².